The van der Waals surface area contributed by atoms with E-state index in [0.29, 0.717) is 0 Å². The number of unbranched alkanes of at least 4 members (excludes halogenated alkanes) is 27. The Hall–Kier alpha value is 0. The van der Waals surface area contributed by atoms with Crippen molar-refractivity contribution >= 4 is 0 Å². The van der Waals surface area contributed by atoms with Gasteiger partial charge in [-0.1, -0.05) is 214 Å². The van der Waals surface area contributed by atoms with Crippen LogP contribution in [-0.4, -0.2) is 0 Å². The van der Waals surface area contributed by atoms with Crippen molar-refractivity contribution in [2.45, 2.75) is 214 Å². The average molecular weight is 467 g/mol. The summed E-state index contributed by atoms with van der Waals surface area (Å²) < 4.78 is 0. The molecule has 202 valence electrons. The number of rotatable bonds is 27. The predicted octanol–water partition coefficient (Wildman–Crippen LogP) is 13.4. The SMILES string of the molecule is CCCCCCCCCCCCCCCC.CCCCCCCCCCCCCCCCC. The van der Waals surface area contributed by atoms with E-state index in [1.807, 2.05) is 0 Å². The number of hydrogen-bond donors (Lipinski definition) is 0. The minimum atomic E-state index is 1.37. The third-order valence-electron chi connectivity index (χ3n) is 7.16. The van der Waals surface area contributed by atoms with Crippen LogP contribution in [-0.2, 0) is 0 Å². The van der Waals surface area contributed by atoms with Gasteiger partial charge in [-0.3, -0.25) is 0 Å². The summed E-state index contributed by atoms with van der Waals surface area (Å²) >= 11 is 0. The molecule has 0 radical (unpaired) electrons. The minimum Gasteiger partial charge on any atom is -0.0654 e. The Balaban J connectivity index is 0. The lowest BCUT2D eigenvalue weighted by molar-refractivity contribution is 0.534. The van der Waals surface area contributed by atoms with E-state index in [-0.39, 0.29) is 0 Å². The normalized spacial score (nSPS) is 10.9. The van der Waals surface area contributed by atoms with Crippen molar-refractivity contribution in [1.29, 1.82) is 0 Å². The largest absolute Gasteiger partial charge is 0.0654 e. The van der Waals surface area contributed by atoms with E-state index in [2.05, 4.69) is 27.7 Å². The molecule has 0 atom stereocenters. The second kappa shape index (κ2) is 36.6. The van der Waals surface area contributed by atoms with Crippen LogP contribution in [0.5, 0.6) is 0 Å². The van der Waals surface area contributed by atoms with Crippen LogP contribution in [0.2, 0.25) is 0 Å². The highest BCUT2D eigenvalue weighted by Gasteiger charge is 1.94. The van der Waals surface area contributed by atoms with Gasteiger partial charge in [-0.05, 0) is 0 Å². The zero-order chi connectivity index (χ0) is 24.5. The molecule has 0 heteroatoms. The van der Waals surface area contributed by atoms with Crippen molar-refractivity contribution in [3.8, 4) is 0 Å². The summed E-state index contributed by atoms with van der Waals surface area (Å²) in [5.74, 6) is 0. The molecule has 0 bridgehead atoms. The van der Waals surface area contributed by atoms with E-state index in [1.54, 1.807) is 0 Å². The molecule has 0 aromatic heterocycles. The Morgan fingerprint density at radius 1 is 0.152 bits per heavy atom. The highest BCUT2D eigenvalue weighted by Crippen LogP contribution is 2.14. The quantitative estimate of drug-likeness (QED) is 0.106. The van der Waals surface area contributed by atoms with Crippen LogP contribution < -0.4 is 0 Å². The lowest BCUT2D eigenvalue weighted by atomic mass is 10.0. The molecule has 0 aliphatic heterocycles. The molecule has 0 spiro atoms. The first-order chi connectivity index (χ1) is 16.3. The maximum Gasteiger partial charge on any atom is -0.0533 e. The van der Waals surface area contributed by atoms with E-state index in [9.17, 15) is 0 Å². The molecule has 0 heterocycles. The molecule has 0 saturated heterocycles. The summed E-state index contributed by atoms with van der Waals surface area (Å²) in [5, 5.41) is 0. The predicted molar refractivity (Wildman–Crippen MR) is 157 cm³/mol. The van der Waals surface area contributed by atoms with Crippen molar-refractivity contribution in [3.05, 3.63) is 0 Å². The molecule has 0 saturated carbocycles. The van der Waals surface area contributed by atoms with Crippen molar-refractivity contribution in [2.24, 2.45) is 0 Å². The molecule has 0 fully saturated rings. The van der Waals surface area contributed by atoms with Gasteiger partial charge in [0.05, 0.1) is 0 Å². The van der Waals surface area contributed by atoms with Crippen LogP contribution >= 0.6 is 0 Å². The molecule has 0 rings (SSSR count). The van der Waals surface area contributed by atoms with Gasteiger partial charge in [-0.15, -0.1) is 0 Å². The van der Waals surface area contributed by atoms with E-state index >= 15 is 0 Å². The summed E-state index contributed by atoms with van der Waals surface area (Å²) in [7, 11) is 0. The first-order valence-electron chi connectivity index (χ1n) is 16.3. The second-order valence-electron chi connectivity index (χ2n) is 10.8. The van der Waals surface area contributed by atoms with Gasteiger partial charge in [-0.25, -0.2) is 0 Å². The Morgan fingerprint density at radius 3 is 0.333 bits per heavy atom. The molecular formula is C33H70. The summed E-state index contributed by atoms with van der Waals surface area (Å²) in [4.78, 5) is 0. The van der Waals surface area contributed by atoms with Crippen LogP contribution in [0.3, 0.4) is 0 Å². The highest BCUT2D eigenvalue weighted by atomic mass is 14.0. The van der Waals surface area contributed by atoms with Crippen LogP contribution in [0, 0.1) is 0 Å². The van der Waals surface area contributed by atoms with Gasteiger partial charge in [-0.2, -0.15) is 0 Å². The molecule has 0 aromatic carbocycles. The van der Waals surface area contributed by atoms with Gasteiger partial charge in [0.1, 0.15) is 0 Å². The third kappa shape index (κ3) is 39.5. The summed E-state index contributed by atoms with van der Waals surface area (Å²) in [6, 6.07) is 0. The molecule has 0 aliphatic carbocycles. The smallest absolute Gasteiger partial charge is 0.0533 e. The molecular weight excluding hydrogens is 396 g/mol. The van der Waals surface area contributed by atoms with Gasteiger partial charge >= 0.3 is 0 Å². The maximum absolute atomic E-state index is 2.29. The van der Waals surface area contributed by atoms with Gasteiger partial charge in [0.15, 0.2) is 0 Å². The summed E-state index contributed by atoms with van der Waals surface area (Å²) in [5.41, 5.74) is 0. The van der Waals surface area contributed by atoms with Crippen LogP contribution in [0.4, 0.5) is 0 Å². The number of hydrogen-bond acceptors (Lipinski definition) is 0. The fourth-order valence-electron chi connectivity index (χ4n) is 4.71. The zero-order valence-corrected chi connectivity index (χ0v) is 24.5. The molecule has 33 heavy (non-hydrogen) atoms. The fraction of sp³-hybridized carbons (Fsp3) is 1.00. The molecule has 0 aromatic rings. The topological polar surface area (TPSA) is 0 Å². The van der Waals surface area contributed by atoms with E-state index in [0.717, 1.165) is 0 Å². The first-order valence-corrected chi connectivity index (χ1v) is 16.3. The van der Waals surface area contributed by atoms with Crippen LogP contribution in [0.1, 0.15) is 214 Å². The van der Waals surface area contributed by atoms with Crippen molar-refractivity contribution in [2.75, 3.05) is 0 Å². The van der Waals surface area contributed by atoms with E-state index < -0.39 is 0 Å². The highest BCUT2D eigenvalue weighted by molar-refractivity contribution is 4.50. The first kappa shape index (κ1) is 35.2. The lowest BCUT2D eigenvalue weighted by Gasteiger charge is -2.02. The van der Waals surface area contributed by atoms with Gasteiger partial charge < -0.3 is 0 Å². The van der Waals surface area contributed by atoms with Crippen LogP contribution in [0.15, 0.2) is 0 Å². The monoisotopic (exact) mass is 467 g/mol. The third-order valence-corrected chi connectivity index (χ3v) is 7.16. The van der Waals surface area contributed by atoms with E-state index in [1.165, 1.54) is 186 Å². The van der Waals surface area contributed by atoms with Gasteiger partial charge in [0.25, 0.3) is 0 Å². The molecule has 0 amide bonds. The average Bonchev–Trinajstić information content (AvgIpc) is 2.83. The Kier molecular flexibility index (Phi) is 39.0. The van der Waals surface area contributed by atoms with Crippen LogP contribution in [0.25, 0.3) is 0 Å². The molecule has 0 aliphatic rings. The lowest BCUT2D eigenvalue weighted by Crippen LogP contribution is -1.82. The standard InChI is InChI=1S/C17H36.C16H34/c1-3-5-7-9-11-13-15-17-16-14-12-10-8-6-4-2;1-3-5-7-9-11-13-15-16-14-12-10-8-6-4-2/h3-17H2,1-2H3;3-16H2,1-2H3. The summed E-state index contributed by atoms with van der Waals surface area (Å²) in [6.07, 6.45) is 42.3. The van der Waals surface area contributed by atoms with Crippen molar-refractivity contribution in [1.82, 2.24) is 0 Å². The van der Waals surface area contributed by atoms with Crippen molar-refractivity contribution < 1.29 is 0 Å². The van der Waals surface area contributed by atoms with Crippen molar-refractivity contribution in [3.63, 3.8) is 0 Å². The molecule has 0 nitrogen and oxygen atoms in total. The van der Waals surface area contributed by atoms with Gasteiger partial charge in [0, 0.05) is 0 Å². The zero-order valence-electron chi connectivity index (χ0n) is 24.5. The Morgan fingerprint density at radius 2 is 0.242 bits per heavy atom. The molecule has 0 unspecified atom stereocenters. The maximum atomic E-state index is 2.29. The second-order valence-corrected chi connectivity index (χ2v) is 10.8. The summed E-state index contributed by atoms with van der Waals surface area (Å²) in [6.45, 7) is 9.16. The van der Waals surface area contributed by atoms with Gasteiger partial charge in [0.2, 0.25) is 0 Å². The minimum absolute atomic E-state index is 1.37. The Labute approximate surface area is 213 Å². The Bertz CT molecular complexity index is 254. The van der Waals surface area contributed by atoms with E-state index in [4.69, 9.17) is 0 Å². The molecule has 0 N–H and O–H groups in total. The fourth-order valence-corrected chi connectivity index (χ4v) is 4.71.